The van der Waals surface area contributed by atoms with Crippen LogP contribution in [0.2, 0.25) is 0 Å². The number of aromatic hydroxyl groups is 1. The van der Waals surface area contributed by atoms with Gasteiger partial charge in [-0.25, -0.2) is 0 Å². The van der Waals surface area contributed by atoms with E-state index in [1.54, 1.807) is 0 Å². The first-order valence-electron chi connectivity index (χ1n) is 5.78. The first-order chi connectivity index (χ1) is 6.99. The van der Waals surface area contributed by atoms with Gasteiger partial charge in [0.1, 0.15) is 5.75 Å². The summed E-state index contributed by atoms with van der Waals surface area (Å²) in [6.07, 6.45) is 2.37. The molecule has 0 aliphatic heterocycles. The lowest BCUT2D eigenvalue weighted by Gasteiger charge is -2.18. The lowest BCUT2D eigenvalue weighted by atomic mass is 9.88. The van der Waals surface area contributed by atoms with E-state index in [1.165, 1.54) is 29.5 Å². The van der Waals surface area contributed by atoms with Gasteiger partial charge in [0.25, 0.3) is 0 Å². The van der Waals surface area contributed by atoms with Gasteiger partial charge in [0, 0.05) is 0 Å². The van der Waals surface area contributed by atoms with Crippen LogP contribution < -0.4 is 0 Å². The predicted octanol–water partition coefficient (Wildman–Crippen LogP) is 4.22. The van der Waals surface area contributed by atoms with Crippen LogP contribution in [0.4, 0.5) is 0 Å². The Morgan fingerprint density at radius 2 is 1.73 bits per heavy atom. The highest BCUT2D eigenvalue weighted by molar-refractivity contribution is 5.48. The van der Waals surface area contributed by atoms with Gasteiger partial charge in [-0.2, -0.15) is 0 Å². The first-order valence-corrected chi connectivity index (χ1v) is 5.78. The molecule has 0 amide bonds. The van der Waals surface area contributed by atoms with Gasteiger partial charge in [-0.15, -0.1) is 0 Å². The summed E-state index contributed by atoms with van der Waals surface area (Å²) >= 11 is 0. The molecule has 1 atom stereocenters. The molecule has 0 aliphatic rings. The van der Waals surface area contributed by atoms with Gasteiger partial charge >= 0.3 is 0 Å². The van der Waals surface area contributed by atoms with Gasteiger partial charge in [0.2, 0.25) is 0 Å². The predicted molar refractivity (Wildman–Crippen MR) is 65.6 cm³/mol. The third-order valence-electron chi connectivity index (χ3n) is 3.49. The number of hydrogen-bond donors (Lipinski definition) is 1. The zero-order valence-corrected chi connectivity index (χ0v) is 10.5. The number of phenols is 1. The molecule has 1 nitrogen and oxygen atoms in total. The Bertz CT molecular complexity index is 353. The van der Waals surface area contributed by atoms with Crippen LogP contribution in [0.5, 0.6) is 5.75 Å². The lowest BCUT2D eigenvalue weighted by Crippen LogP contribution is -2.00. The van der Waals surface area contributed by atoms with Crippen LogP contribution in [-0.2, 0) is 0 Å². The van der Waals surface area contributed by atoms with Crippen LogP contribution in [0.1, 0.15) is 54.9 Å². The van der Waals surface area contributed by atoms with E-state index in [1.807, 2.05) is 13.0 Å². The van der Waals surface area contributed by atoms with Crippen molar-refractivity contribution < 1.29 is 5.11 Å². The van der Waals surface area contributed by atoms with Crippen molar-refractivity contribution >= 4 is 0 Å². The molecule has 0 saturated carbocycles. The standard InChI is InChI=1S/C14H22O/c1-6-7-9(2)13-8-14(15)12(5)10(3)11(13)4/h8-9,15H,6-7H2,1-5H3. The molecule has 0 saturated heterocycles. The van der Waals surface area contributed by atoms with Crippen molar-refractivity contribution in [2.45, 2.75) is 53.4 Å². The zero-order valence-electron chi connectivity index (χ0n) is 10.5. The smallest absolute Gasteiger partial charge is 0.119 e. The average molecular weight is 206 g/mol. The highest BCUT2D eigenvalue weighted by atomic mass is 16.3. The molecule has 0 bridgehead atoms. The normalized spacial score (nSPS) is 12.9. The maximum Gasteiger partial charge on any atom is 0.119 e. The SMILES string of the molecule is CCCC(C)c1cc(O)c(C)c(C)c1C. The summed E-state index contributed by atoms with van der Waals surface area (Å²) in [5.74, 6) is 0.983. The largest absolute Gasteiger partial charge is 0.508 e. The Morgan fingerprint density at radius 1 is 1.13 bits per heavy atom. The molecular formula is C14H22O. The molecule has 1 aromatic carbocycles. The van der Waals surface area contributed by atoms with Crippen molar-refractivity contribution in [1.82, 2.24) is 0 Å². The highest BCUT2D eigenvalue weighted by Gasteiger charge is 2.13. The van der Waals surface area contributed by atoms with E-state index >= 15 is 0 Å². The van der Waals surface area contributed by atoms with E-state index < -0.39 is 0 Å². The van der Waals surface area contributed by atoms with Crippen LogP contribution in [0.3, 0.4) is 0 Å². The van der Waals surface area contributed by atoms with Crippen LogP contribution >= 0.6 is 0 Å². The summed E-state index contributed by atoms with van der Waals surface area (Å²) < 4.78 is 0. The molecule has 1 heteroatoms. The number of phenolic OH excluding ortho intramolecular Hbond substituents is 1. The van der Waals surface area contributed by atoms with Crippen LogP contribution in [0.15, 0.2) is 6.07 Å². The minimum atomic E-state index is 0.441. The molecule has 1 unspecified atom stereocenters. The van der Waals surface area contributed by atoms with Gasteiger partial charge in [0.05, 0.1) is 0 Å². The second kappa shape index (κ2) is 4.69. The van der Waals surface area contributed by atoms with E-state index in [4.69, 9.17) is 0 Å². The fourth-order valence-corrected chi connectivity index (χ4v) is 2.15. The Hall–Kier alpha value is -0.980. The minimum Gasteiger partial charge on any atom is -0.508 e. The van der Waals surface area contributed by atoms with Crippen LogP contribution in [-0.4, -0.2) is 5.11 Å². The maximum atomic E-state index is 9.82. The minimum absolute atomic E-state index is 0.441. The Labute approximate surface area is 93.1 Å². The van der Waals surface area contributed by atoms with E-state index in [-0.39, 0.29) is 0 Å². The fourth-order valence-electron chi connectivity index (χ4n) is 2.15. The van der Waals surface area contributed by atoms with Gasteiger partial charge in [-0.3, -0.25) is 0 Å². The zero-order chi connectivity index (χ0) is 11.6. The molecule has 0 heterocycles. The summed E-state index contributed by atoms with van der Waals surface area (Å²) in [7, 11) is 0. The molecule has 0 spiro atoms. The van der Waals surface area contributed by atoms with Gasteiger partial charge < -0.3 is 5.11 Å². The molecule has 0 aromatic heterocycles. The number of rotatable bonds is 3. The Morgan fingerprint density at radius 3 is 2.27 bits per heavy atom. The maximum absolute atomic E-state index is 9.82. The van der Waals surface area contributed by atoms with Crippen molar-refractivity contribution in [3.05, 3.63) is 28.3 Å². The number of benzene rings is 1. The van der Waals surface area contributed by atoms with Crippen molar-refractivity contribution in [2.75, 3.05) is 0 Å². The summed E-state index contributed by atoms with van der Waals surface area (Å²) in [6.45, 7) is 10.7. The van der Waals surface area contributed by atoms with Crippen molar-refractivity contribution in [2.24, 2.45) is 0 Å². The van der Waals surface area contributed by atoms with Crippen molar-refractivity contribution in [1.29, 1.82) is 0 Å². The first kappa shape index (κ1) is 12.1. The van der Waals surface area contributed by atoms with Gasteiger partial charge in [-0.05, 0) is 61.4 Å². The second-order valence-corrected chi connectivity index (χ2v) is 4.55. The molecular weight excluding hydrogens is 184 g/mol. The topological polar surface area (TPSA) is 20.2 Å². The highest BCUT2D eigenvalue weighted by Crippen LogP contribution is 2.32. The van der Waals surface area contributed by atoms with Crippen LogP contribution in [0, 0.1) is 20.8 Å². The molecule has 84 valence electrons. The van der Waals surface area contributed by atoms with Crippen molar-refractivity contribution in [3.63, 3.8) is 0 Å². The van der Waals surface area contributed by atoms with Gasteiger partial charge in [-0.1, -0.05) is 20.3 Å². The molecule has 1 rings (SSSR count). The summed E-state index contributed by atoms with van der Waals surface area (Å²) in [4.78, 5) is 0. The van der Waals surface area contributed by atoms with Crippen molar-refractivity contribution in [3.8, 4) is 5.75 Å². The fraction of sp³-hybridized carbons (Fsp3) is 0.571. The molecule has 15 heavy (non-hydrogen) atoms. The van der Waals surface area contributed by atoms with Gasteiger partial charge in [0.15, 0.2) is 0 Å². The summed E-state index contributed by atoms with van der Waals surface area (Å²) in [6, 6.07) is 1.94. The van der Waals surface area contributed by atoms with E-state index in [9.17, 15) is 5.11 Å². The third kappa shape index (κ3) is 2.34. The van der Waals surface area contributed by atoms with E-state index in [2.05, 4.69) is 27.7 Å². The third-order valence-corrected chi connectivity index (χ3v) is 3.49. The lowest BCUT2D eigenvalue weighted by molar-refractivity contribution is 0.468. The molecule has 1 N–H and O–H groups in total. The second-order valence-electron chi connectivity index (χ2n) is 4.55. The quantitative estimate of drug-likeness (QED) is 0.785. The van der Waals surface area contributed by atoms with E-state index in [0.717, 1.165) is 5.56 Å². The number of hydrogen-bond acceptors (Lipinski definition) is 1. The summed E-state index contributed by atoms with van der Waals surface area (Å²) in [5, 5.41) is 9.82. The molecule has 1 aromatic rings. The average Bonchev–Trinajstić information content (AvgIpc) is 2.20. The van der Waals surface area contributed by atoms with E-state index in [0.29, 0.717) is 11.7 Å². The Kier molecular flexibility index (Phi) is 3.78. The molecule has 0 fully saturated rings. The molecule has 0 aliphatic carbocycles. The summed E-state index contributed by atoms with van der Waals surface area (Å²) in [5.41, 5.74) is 4.89. The monoisotopic (exact) mass is 206 g/mol. The van der Waals surface area contributed by atoms with Crippen LogP contribution in [0.25, 0.3) is 0 Å². The Balaban J connectivity index is 3.19. The molecule has 0 radical (unpaired) electrons.